The summed E-state index contributed by atoms with van der Waals surface area (Å²) in [6, 6.07) is 14.2. The van der Waals surface area contributed by atoms with Crippen LogP contribution in [0.1, 0.15) is 68.8 Å². The number of ketones is 1. The van der Waals surface area contributed by atoms with Crippen molar-refractivity contribution in [3.05, 3.63) is 99.1 Å². The molecule has 3 aliphatic rings. The number of hydrogen-bond donors (Lipinski definition) is 2. The Hall–Kier alpha value is -4.37. The van der Waals surface area contributed by atoms with Crippen molar-refractivity contribution in [3.63, 3.8) is 0 Å². The fraction of sp³-hybridized carbons (Fsp3) is 0.364. The van der Waals surface area contributed by atoms with Gasteiger partial charge in [0.05, 0.1) is 42.1 Å². The summed E-state index contributed by atoms with van der Waals surface area (Å²) < 4.78 is 23.2. The molecule has 1 aromatic heterocycles. The van der Waals surface area contributed by atoms with Crippen LogP contribution in [-0.2, 0) is 17.0 Å². The van der Waals surface area contributed by atoms with Crippen LogP contribution in [0.4, 0.5) is 9.18 Å². The monoisotopic (exact) mass is 632 g/mol. The predicted molar refractivity (Wildman–Crippen MR) is 159 cm³/mol. The highest BCUT2D eigenvalue weighted by Gasteiger charge is 2.56. The molecule has 232 valence electrons. The number of aliphatic hydroxyl groups excluding tert-OH is 1. The average molecular weight is 633 g/mol. The molecule has 2 aliphatic heterocycles. The number of piperidine rings is 1. The second kappa shape index (κ2) is 11.9. The molecule has 0 bridgehead atoms. The van der Waals surface area contributed by atoms with Crippen molar-refractivity contribution in [1.29, 1.82) is 5.26 Å². The number of halogens is 2. The van der Waals surface area contributed by atoms with E-state index in [2.05, 4.69) is 4.98 Å². The second-order valence-corrected chi connectivity index (χ2v) is 12.4. The van der Waals surface area contributed by atoms with Crippen molar-refractivity contribution in [1.82, 2.24) is 14.8 Å². The van der Waals surface area contributed by atoms with Gasteiger partial charge in [-0.1, -0.05) is 23.7 Å². The van der Waals surface area contributed by atoms with Gasteiger partial charge < -0.3 is 19.8 Å². The molecule has 1 unspecified atom stereocenters. The molecule has 12 heteroatoms. The maximum atomic E-state index is 16.6. The van der Waals surface area contributed by atoms with Crippen molar-refractivity contribution in [2.75, 3.05) is 26.3 Å². The first-order chi connectivity index (χ1) is 21.6. The number of carboxylic acid groups (broad SMARTS) is 1. The van der Waals surface area contributed by atoms with Gasteiger partial charge in [-0.3, -0.25) is 19.5 Å². The van der Waals surface area contributed by atoms with Crippen LogP contribution in [0.3, 0.4) is 0 Å². The summed E-state index contributed by atoms with van der Waals surface area (Å²) in [6.07, 6.45) is 2.31. The summed E-state index contributed by atoms with van der Waals surface area (Å²) in [4.78, 5) is 46.2. The number of amides is 2. The number of aliphatic hydroxyl groups is 1. The van der Waals surface area contributed by atoms with Crippen molar-refractivity contribution < 1.29 is 33.7 Å². The Labute approximate surface area is 263 Å². The number of ether oxygens (including phenoxy) is 1. The molecule has 3 aromatic rings. The zero-order valence-electron chi connectivity index (χ0n) is 24.2. The van der Waals surface area contributed by atoms with E-state index in [1.165, 1.54) is 22.1 Å². The molecule has 1 aliphatic carbocycles. The number of rotatable bonds is 9. The zero-order chi connectivity index (χ0) is 31.9. The highest BCUT2D eigenvalue weighted by atomic mass is 35.5. The van der Waals surface area contributed by atoms with Crippen molar-refractivity contribution in [3.8, 4) is 6.07 Å². The minimum absolute atomic E-state index is 0.0192. The van der Waals surface area contributed by atoms with Crippen LogP contribution in [0.5, 0.6) is 0 Å². The summed E-state index contributed by atoms with van der Waals surface area (Å²) >= 11 is 6.22. The standard InChI is InChI=1S/C33H30ClFN4O6/c34-24-4-2-23(3-5-24)33(45-19-32(18-40)9-10-32)28-26(30(42)39(33)17-25-6-1-20(15-36)16-37-25)13-22(14-27(28)35)29(41)21-7-11-38(12-8-21)31(43)44/h1-6,13-14,16,21,40H,7-12,17-19H2,(H,43,44). The highest BCUT2D eigenvalue weighted by Crippen LogP contribution is 2.52. The van der Waals surface area contributed by atoms with E-state index in [4.69, 9.17) is 16.3 Å². The Kier molecular flexibility index (Phi) is 8.07. The van der Waals surface area contributed by atoms with Gasteiger partial charge in [-0.05, 0) is 62.1 Å². The van der Waals surface area contributed by atoms with Crippen LogP contribution >= 0.6 is 11.6 Å². The number of fused-ring (bicyclic) bond motifs is 1. The molecule has 2 aromatic carbocycles. The molecule has 0 radical (unpaired) electrons. The Morgan fingerprint density at radius 1 is 1.13 bits per heavy atom. The van der Waals surface area contributed by atoms with Crippen molar-refractivity contribution in [2.24, 2.45) is 11.3 Å². The number of pyridine rings is 1. The van der Waals surface area contributed by atoms with E-state index in [-0.39, 0.29) is 68.2 Å². The number of carbonyl (C=O) groups excluding carboxylic acids is 2. The molecular weight excluding hydrogens is 603 g/mol. The van der Waals surface area contributed by atoms with Crippen LogP contribution in [0.15, 0.2) is 54.7 Å². The number of benzene rings is 2. The maximum absolute atomic E-state index is 16.6. The number of hydrogen-bond acceptors (Lipinski definition) is 7. The first-order valence-electron chi connectivity index (χ1n) is 14.6. The lowest BCUT2D eigenvalue weighted by Gasteiger charge is -2.40. The number of nitriles is 1. The van der Waals surface area contributed by atoms with Crippen LogP contribution in [0.2, 0.25) is 5.02 Å². The Balaban J connectivity index is 1.46. The topological polar surface area (TPSA) is 144 Å². The van der Waals surface area contributed by atoms with Gasteiger partial charge in [0.25, 0.3) is 5.91 Å². The van der Waals surface area contributed by atoms with Crippen molar-refractivity contribution in [2.45, 2.75) is 38.0 Å². The zero-order valence-corrected chi connectivity index (χ0v) is 25.0. The van der Waals surface area contributed by atoms with Gasteiger partial charge in [0, 0.05) is 46.8 Å². The lowest BCUT2D eigenvalue weighted by atomic mass is 9.86. The third-order valence-electron chi connectivity index (χ3n) is 9.09. The molecule has 0 spiro atoms. The summed E-state index contributed by atoms with van der Waals surface area (Å²) in [6.45, 7) is 0.133. The first kappa shape index (κ1) is 30.6. The molecule has 45 heavy (non-hydrogen) atoms. The van der Waals surface area contributed by atoms with E-state index < -0.39 is 34.9 Å². The molecular formula is C33H30ClFN4O6. The average Bonchev–Trinajstić information content (AvgIpc) is 3.80. The minimum atomic E-state index is -1.80. The molecule has 2 amide bonds. The van der Waals surface area contributed by atoms with Crippen molar-refractivity contribution >= 4 is 29.4 Å². The number of Topliss-reactive ketones (excluding diaryl/α,β-unsaturated/α-hetero) is 1. The third-order valence-corrected chi connectivity index (χ3v) is 9.35. The largest absolute Gasteiger partial charge is 0.465 e. The van der Waals surface area contributed by atoms with Crippen LogP contribution < -0.4 is 0 Å². The molecule has 2 N–H and O–H groups in total. The van der Waals surface area contributed by atoms with Gasteiger partial charge in [0.1, 0.15) is 11.9 Å². The predicted octanol–water partition coefficient (Wildman–Crippen LogP) is 4.96. The molecule has 2 fully saturated rings. The lowest BCUT2D eigenvalue weighted by Crippen LogP contribution is -2.48. The lowest BCUT2D eigenvalue weighted by molar-refractivity contribution is -0.130. The summed E-state index contributed by atoms with van der Waals surface area (Å²) in [5, 5.41) is 29.0. The summed E-state index contributed by atoms with van der Waals surface area (Å²) in [5.41, 5.74) is -1.24. The van der Waals surface area contributed by atoms with Crippen LogP contribution in [0.25, 0.3) is 0 Å². The molecule has 6 rings (SSSR count). The Bertz CT molecular complexity index is 1700. The van der Waals surface area contributed by atoms with Gasteiger partial charge in [-0.15, -0.1) is 0 Å². The van der Waals surface area contributed by atoms with E-state index in [0.717, 1.165) is 6.07 Å². The molecule has 1 saturated carbocycles. The van der Waals surface area contributed by atoms with Gasteiger partial charge in [-0.25, -0.2) is 9.18 Å². The van der Waals surface area contributed by atoms with Gasteiger partial charge in [-0.2, -0.15) is 5.26 Å². The fourth-order valence-electron chi connectivity index (χ4n) is 6.18. The first-order valence-corrected chi connectivity index (χ1v) is 15.0. The summed E-state index contributed by atoms with van der Waals surface area (Å²) in [5.74, 6) is -2.29. The van der Waals surface area contributed by atoms with Crippen LogP contribution in [-0.4, -0.2) is 69.1 Å². The molecule has 3 heterocycles. The van der Waals surface area contributed by atoms with Gasteiger partial charge in [0.15, 0.2) is 11.5 Å². The van der Waals surface area contributed by atoms with Gasteiger partial charge >= 0.3 is 6.09 Å². The normalized spacial score (nSPS) is 20.5. The summed E-state index contributed by atoms with van der Waals surface area (Å²) in [7, 11) is 0. The molecule has 1 atom stereocenters. The fourth-order valence-corrected chi connectivity index (χ4v) is 6.30. The number of likely N-dealkylation sites (tertiary alicyclic amines) is 1. The van der Waals surface area contributed by atoms with E-state index >= 15 is 4.39 Å². The van der Waals surface area contributed by atoms with E-state index in [1.807, 2.05) is 6.07 Å². The number of carbonyl (C=O) groups is 3. The molecule has 10 nitrogen and oxygen atoms in total. The van der Waals surface area contributed by atoms with Gasteiger partial charge in [0.2, 0.25) is 0 Å². The van der Waals surface area contributed by atoms with E-state index in [0.29, 0.717) is 34.7 Å². The number of nitrogens with zero attached hydrogens (tertiary/aromatic N) is 4. The third kappa shape index (κ3) is 5.54. The molecule has 1 saturated heterocycles. The van der Waals surface area contributed by atoms with E-state index in [1.54, 1.807) is 36.4 Å². The minimum Gasteiger partial charge on any atom is -0.465 e. The Morgan fingerprint density at radius 3 is 2.42 bits per heavy atom. The Morgan fingerprint density at radius 2 is 1.84 bits per heavy atom. The van der Waals surface area contributed by atoms with Crippen LogP contribution in [0, 0.1) is 28.5 Å². The smallest absolute Gasteiger partial charge is 0.407 e. The maximum Gasteiger partial charge on any atom is 0.407 e. The second-order valence-electron chi connectivity index (χ2n) is 11.9. The SMILES string of the molecule is N#Cc1ccc(CN2C(=O)c3cc(C(=O)C4CCN(C(=O)O)CC4)cc(F)c3C2(OCC2(CO)CC2)c2ccc(Cl)cc2)nc1. The number of aromatic nitrogens is 1. The quantitative estimate of drug-likeness (QED) is 0.315. The van der Waals surface area contributed by atoms with E-state index in [9.17, 15) is 29.9 Å². The highest BCUT2D eigenvalue weighted by molar-refractivity contribution is 6.30.